The molecule has 2 N–H and O–H groups in total. The largest absolute Gasteiger partial charge is 0.404 e. The summed E-state index contributed by atoms with van der Waals surface area (Å²) in [5.41, 5.74) is 6.08. The molecule has 0 aliphatic carbocycles. The lowest BCUT2D eigenvalue weighted by Crippen LogP contribution is -2.07. The summed E-state index contributed by atoms with van der Waals surface area (Å²) in [6.45, 7) is 0. The Hall–Kier alpha value is -1.23. The van der Waals surface area contributed by atoms with Gasteiger partial charge in [0.25, 0.3) is 6.43 Å². The van der Waals surface area contributed by atoms with Crippen molar-refractivity contribution >= 4 is 21.6 Å². The lowest BCUT2D eigenvalue weighted by Gasteiger charge is -2.10. The molecule has 0 amide bonds. The van der Waals surface area contributed by atoms with E-state index in [9.17, 15) is 8.78 Å². The molecule has 16 heavy (non-hydrogen) atoms. The van der Waals surface area contributed by atoms with Crippen LogP contribution in [0.2, 0.25) is 0 Å². The summed E-state index contributed by atoms with van der Waals surface area (Å²) in [6, 6.07) is 6.22. The number of halogens is 3. The molecule has 0 saturated carbocycles. The summed E-state index contributed by atoms with van der Waals surface area (Å²) in [5, 5.41) is 0. The number of hydrogen-bond acceptors (Lipinski definition) is 2. The molecule has 2 nitrogen and oxygen atoms in total. The molecule has 0 radical (unpaired) electrons. The maximum atomic E-state index is 12.8. The zero-order valence-corrected chi connectivity index (χ0v) is 10.2. The van der Waals surface area contributed by atoms with Gasteiger partial charge in [0.1, 0.15) is 0 Å². The van der Waals surface area contributed by atoms with Crippen LogP contribution in [-0.2, 0) is 0 Å². The van der Waals surface area contributed by atoms with Crippen molar-refractivity contribution in [2.75, 3.05) is 7.05 Å². The molecular weight excluding hydrogens is 278 g/mol. The monoisotopic (exact) mass is 288 g/mol. The van der Waals surface area contributed by atoms with Gasteiger partial charge in [0.2, 0.25) is 0 Å². The van der Waals surface area contributed by atoms with Gasteiger partial charge in [0, 0.05) is 24.4 Å². The van der Waals surface area contributed by atoms with Crippen molar-refractivity contribution < 1.29 is 8.78 Å². The van der Waals surface area contributed by atoms with E-state index < -0.39 is 6.43 Å². The highest BCUT2D eigenvalue weighted by atomic mass is 79.9. The van der Waals surface area contributed by atoms with E-state index in [0.717, 1.165) is 0 Å². The summed E-state index contributed by atoms with van der Waals surface area (Å²) in [4.78, 5) is 3.96. The third-order valence-corrected chi connectivity index (χ3v) is 2.69. The van der Waals surface area contributed by atoms with Gasteiger partial charge in [-0.25, -0.2) is 8.78 Å². The molecule has 0 heterocycles. The van der Waals surface area contributed by atoms with Crippen LogP contribution in [0.25, 0.3) is 0 Å². The van der Waals surface area contributed by atoms with Crippen molar-refractivity contribution in [2.24, 2.45) is 10.7 Å². The van der Waals surface area contributed by atoms with E-state index in [4.69, 9.17) is 5.73 Å². The Morgan fingerprint density at radius 3 is 2.56 bits per heavy atom. The summed E-state index contributed by atoms with van der Waals surface area (Å²) in [7, 11) is 1.53. The van der Waals surface area contributed by atoms with Gasteiger partial charge in [-0.1, -0.05) is 24.3 Å². The van der Waals surface area contributed by atoms with Gasteiger partial charge in [-0.15, -0.1) is 0 Å². The van der Waals surface area contributed by atoms with Gasteiger partial charge in [0.15, 0.2) is 0 Å². The van der Waals surface area contributed by atoms with Crippen LogP contribution in [-0.4, -0.2) is 12.8 Å². The molecule has 0 atom stereocenters. The molecule has 0 unspecified atom stereocenters. The SMILES string of the molecule is CN=C(/C(Br)=C\N)c1ccccc1C(F)F. The molecular formula is C11H11BrF2N2. The maximum Gasteiger partial charge on any atom is 0.264 e. The Bertz CT molecular complexity index is 428. The second-order valence-corrected chi connectivity index (χ2v) is 3.83. The molecule has 0 aliphatic rings. The van der Waals surface area contributed by atoms with Crippen molar-refractivity contribution in [3.8, 4) is 0 Å². The van der Waals surface area contributed by atoms with E-state index >= 15 is 0 Å². The van der Waals surface area contributed by atoms with Crippen molar-refractivity contribution in [1.29, 1.82) is 0 Å². The van der Waals surface area contributed by atoms with Gasteiger partial charge >= 0.3 is 0 Å². The fourth-order valence-electron chi connectivity index (χ4n) is 1.34. The molecule has 1 aromatic carbocycles. The fourth-order valence-corrected chi connectivity index (χ4v) is 1.73. The highest BCUT2D eigenvalue weighted by Crippen LogP contribution is 2.26. The standard InChI is InChI=1S/C11H11BrF2N2/c1-16-10(9(12)6-15)7-4-2-3-5-8(7)11(13)14/h2-6,11H,15H2,1H3/b9-6+,16-10?. The predicted molar refractivity (Wildman–Crippen MR) is 65.1 cm³/mol. The first-order valence-electron chi connectivity index (χ1n) is 4.53. The molecule has 0 aliphatic heterocycles. The minimum Gasteiger partial charge on any atom is -0.404 e. The van der Waals surface area contributed by atoms with Crippen molar-refractivity contribution in [3.05, 3.63) is 46.1 Å². The fraction of sp³-hybridized carbons (Fsp3) is 0.182. The minimum absolute atomic E-state index is 0.0538. The lowest BCUT2D eigenvalue weighted by molar-refractivity contribution is 0.151. The van der Waals surface area contributed by atoms with Crippen LogP contribution in [0.4, 0.5) is 8.78 Å². The van der Waals surface area contributed by atoms with Gasteiger partial charge in [-0.05, 0) is 15.9 Å². The van der Waals surface area contributed by atoms with Crippen molar-refractivity contribution in [1.82, 2.24) is 0 Å². The van der Waals surface area contributed by atoms with Gasteiger partial charge in [-0.2, -0.15) is 0 Å². The Balaban J connectivity index is 3.32. The van der Waals surface area contributed by atoms with Crippen LogP contribution < -0.4 is 5.73 Å². The molecule has 86 valence electrons. The van der Waals surface area contributed by atoms with E-state index in [0.29, 0.717) is 15.8 Å². The summed E-state index contributed by atoms with van der Waals surface area (Å²) < 4.78 is 26.0. The summed E-state index contributed by atoms with van der Waals surface area (Å²) in [6.07, 6.45) is -1.25. The maximum absolute atomic E-state index is 12.8. The number of rotatable bonds is 3. The van der Waals surface area contributed by atoms with Crippen LogP contribution in [0, 0.1) is 0 Å². The summed E-state index contributed by atoms with van der Waals surface area (Å²) in [5.74, 6) is 0. The van der Waals surface area contributed by atoms with E-state index in [1.165, 1.54) is 19.3 Å². The lowest BCUT2D eigenvalue weighted by atomic mass is 10.0. The first-order valence-corrected chi connectivity index (χ1v) is 5.33. The average molecular weight is 289 g/mol. The average Bonchev–Trinajstić information content (AvgIpc) is 2.30. The van der Waals surface area contributed by atoms with Gasteiger partial charge < -0.3 is 5.73 Å². The minimum atomic E-state index is -2.54. The smallest absolute Gasteiger partial charge is 0.264 e. The summed E-state index contributed by atoms with van der Waals surface area (Å²) >= 11 is 3.18. The van der Waals surface area contributed by atoms with Crippen LogP contribution >= 0.6 is 15.9 Å². The molecule has 0 bridgehead atoms. The first-order chi connectivity index (χ1) is 7.61. The number of aliphatic imine (C=N–C) groups is 1. The second kappa shape index (κ2) is 5.75. The van der Waals surface area contributed by atoms with Crippen LogP contribution in [0.5, 0.6) is 0 Å². The quantitative estimate of drug-likeness (QED) is 0.852. The molecule has 1 rings (SSSR count). The Kier molecular flexibility index (Phi) is 4.61. The Morgan fingerprint density at radius 2 is 2.06 bits per heavy atom. The highest BCUT2D eigenvalue weighted by Gasteiger charge is 2.17. The third kappa shape index (κ3) is 2.66. The molecule has 5 heteroatoms. The number of nitrogens with two attached hydrogens (primary N) is 1. The number of allylic oxidation sites excluding steroid dienone is 1. The van der Waals surface area contributed by atoms with Gasteiger partial charge in [-0.3, -0.25) is 4.99 Å². The van der Waals surface area contributed by atoms with Crippen LogP contribution in [0.1, 0.15) is 17.6 Å². The number of alkyl halides is 2. The molecule has 0 fully saturated rings. The predicted octanol–water partition coefficient (Wildman–Crippen LogP) is 3.24. The van der Waals surface area contributed by atoms with E-state index in [-0.39, 0.29) is 5.56 Å². The van der Waals surface area contributed by atoms with E-state index in [2.05, 4.69) is 20.9 Å². The topological polar surface area (TPSA) is 38.4 Å². The van der Waals surface area contributed by atoms with E-state index in [1.54, 1.807) is 18.2 Å². The number of nitrogens with zero attached hydrogens (tertiary/aromatic N) is 1. The zero-order valence-electron chi connectivity index (χ0n) is 8.62. The van der Waals surface area contributed by atoms with Crippen molar-refractivity contribution in [2.45, 2.75) is 6.43 Å². The van der Waals surface area contributed by atoms with Crippen molar-refractivity contribution in [3.63, 3.8) is 0 Å². The van der Waals surface area contributed by atoms with Crippen LogP contribution in [0.3, 0.4) is 0 Å². The van der Waals surface area contributed by atoms with Gasteiger partial charge in [0.05, 0.1) is 10.2 Å². The highest BCUT2D eigenvalue weighted by molar-refractivity contribution is 9.12. The zero-order chi connectivity index (χ0) is 12.1. The van der Waals surface area contributed by atoms with Crippen LogP contribution in [0.15, 0.2) is 39.9 Å². The molecule has 0 aromatic heterocycles. The first kappa shape index (κ1) is 12.8. The van der Waals surface area contributed by atoms with E-state index in [1.807, 2.05) is 0 Å². The molecule has 1 aromatic rings. The number of hydrogen-bond donors (Lipinski definition) is 1. The normalized spacial score (nSPS) is 13.3. The third-order valence-electron chi connectivity index (χ3n) is 2.05. The second-order valence-electron chi connectivity index (χ2n) is 2.97. The number of benzene rings is 1. The Morgan fingerprint density at radius 1 is 1.44 bits per heavy atom. The molecule has 0 spiro atoms. The Labute approximate surface area is 101 Å². The molecule has 0 saturated heterocycles.